The molecular weight excluding hydrogens is 258 g/mol. The lowest BCUT2D eigenvalue weighted by Gasteiger charge is -2.19. The Morgan fingerprint density at radius 2 is 1.61 bits per heavy atom. The summed E-state index contributed by atoms with van der Waals surface area (Å²) in [5.41, 5.74) is 2.77. The summed E-state index contributed by atoms with van der Waals surface area (Å²) >= 11 is 6.01. The second-order valence-electron chi connectivity index (χ2n) is 3.76. The number of halogens is 3. The minimum absolute atomic E-state index is 0.145. The van der Waals surface area contributed by atoms with Gasteiger partial charge in [-0.3, -0.25) is 5.84 Å². The van der Waals surface area contributed by atoms with Gasteiger partial charge in [-0.25, -0.2) is 14.2 Å². The van der Waals surface area contributed by atoms with Gasteiger partial charge in [0.25, 0.3) is 0 Å². The zero-order valence-electron chi connectivity index (χ0n) is 9.33. The molecule has 0 aliphatic heterocycles. The summed E-state index contributed by atoms with van der Waals surface area (Å²) in [6.45, 7) is 0. The Balaban J connectivity index is 2.56. The monoisotopic (exact) mass is 268 g/mol. The minimum atomic E-state index is -0.833. The molecule has 2 aromatic carbocycles. The summed E-state index contributed by atoms with van der Waals surface area (Å²) in [6, 6.07) is 9.59. The molecule has 0 aliphatic rings. The number of hydrogen-bond donors (Lipinski definition) is 2. The lowest BCUT2D eigenvalue weighted by molar-refractivity contribution is 0.510. The highest BCUT2D eigenvalue weighted by molar-refractivity contribution is 6.31. The van der Waals surface area contributed by atoms with E-state index in [2.05, 4.69) is 5.43 Å². The summed E-state index contributed by atoms with van der Waals surface area (Å²) in [7, 11) is 0. The molecule has 2 nitrogen and oxygen atoms in total. The van der Waals surface area contributed by atoms with Crippen molar-refractivity contribution < 1.29 is 8.78 Å². The van der Waals surface area contributed by atoms with E-state index in [4.69, 9.17) is 17.4 Å². The molecule has 1 unspecified atom stereocenters. The molecule has 2 aromatic rings. The number of nitrogens with one attached hydrogen (secondary N) is 1. The van der Waals surface area contributed by atoms with Crippen molar-refractivity contribution in [3.63, 3.8) is 0 Å². The fraction of sp³-hybridized carbons (Fsp3) is 0.0769. The number of benzene rings is 2. The highest BCUT2D eigenvalue weighted by atomic mass is 35.5. The van der Waals surface area contributed by atoms with Crippen molar-refractivity contribution in [3.8, 4) is 0 Å². The van der Waals surface area contributed by atoms with Gasteiger partial charge in [0, 0.05) is 10.6 Å². The van der Waals surface area contributed by atoms with Crippen LogP contribution in [0.3, 0.4) is 0 Å². The molecule has 0 spiro atoms. The fourth-order valence-electron chi connectivity index (χ4n) is 1.82. The van der Waals surface area contributed by atoms with Gasteiger partial charge in [0.05, 0.1) is 6.04 Å². The molecule has 3 N–H and O–H groups in total. The molecule has 0 saturated carbocycles. The lowest BCUT2D eigenvalue weighted by Crippen LogP contribution is -2.30. The van der Waals surface area contributed by atoms with Gasteiger partial charge < -0.3 is 0 Å². The first-order valence-electron chi connectivity index (χ1n) is 5.29. The second kappa shape index (κ2) is 5.44. The number of hydrazine groups is 1. The smallest absolute Gasteiger partial charge is 0.131 e. The van der Waals surface area contributed by atoms with Gasteiger partial charge in [0.15, 0.2) is 0 Å². The highest BCUT2D eigenvalue weighted by Gasteiger charge is 2.22. The van der Waals surface area contributed by atoms with Gasteiger partial charge in [-0.05, 0) is 23.8 Å². The van der Waals surface area contributed by atoms with Gasteiger partial charge in [-0.15, -0.1) is 0 Å². The molecule has 0 radical (unpaired) electrons. The van der Waals surface area contributed by atoms with Crippen LogP contribution in [0, 0.1) is 11.6 Å². The molecule has 0 heterocycles. The molecule has 1 atom stereocenters. The van der Waals surface area contributed by atoms with Crippen LogP contribution in [-0.2, 0) is 0 Å². The van der Waals surface area contributed by atoms with Crippen LogP contribution in [0.5, 0.6) is 0 Å². The summed E-state index contributed by atoms with van der Waals surface area (Å²) in [5.74, 6) is 4.06. The van der Waals surface area contributed by atoms with Gasteiger partial charge in [-0.2, -0.15) is 0 Å². The molecule has 2 rings (SSSR count). The molecule has 0 saturated heterocycles. The first-order valence-corrected chi connectivity index (χ1v) is 5.67. The Hall–Kier alpha value is -1.49. The standard InChI is InChI=1S/C13H11ClF2N2/c14-9-5-2-1-4-8(9)13(18-17)12-10(15)6-3-7-11(12)16/h1-7,13,18H,17H2. The van der Waals surface area contributed by atoms with Crippen molar-refractivity contribution >= 4 is 11.6 Å². The van der Waals surface area contributed by atoms with Crippen molar-refractivity contribution in [1.29, 1.82) is 0 Å². The molecule has 0 bridgehead atoms. The third-order valence-corrected chi connectivity index (χ3v) is 3.02. The molecule has 18 heavy (non-hydrogen) atoms. The van der Waals surface area contributed by atoms with Crippen molar-refractivity contribution in [2.75, 3.05) is 0 Å². The zero-order chi connectivity index (χ0) is 13.1. The molecule has 0 amide bonds. The quantitative estimate of drug-likeness (QED) is 0.663. The van der Waals surface area contributed by atoms with Gasteiger partial charge in [0.2, 0.25) is 0 Å². The van der Waals surface area contributed by atoms with Crippen LogP contribution in [0.4, 0.5) is 8.78 Å². The normalized spacial score (nSPS) is 12.4. The lowest BCUT2D eigenvalue weighted by atomic mass is 9.98. The first-order chi connectivity index (χ1) is 8.65. The Bertz CT molecular complexity index is 540. The van der Waals surface area contributed by atoms with E-state index in [0.29, 0.717) is 10.6 Å². The predicted octanol–water partition coefficient (Wildman–Crippen LogP) is 3.17. The fourth-order valence-corrected chi connectivity index (χ4v) is 2.07. The predicted molar refractivity (Wildman–Crippen MR) is 67.0 cm³/mol. The Labute approximate surface area is 108 Å². The summed E-state index contributed by atoms with van der Waals surface area (Å²) in [4.78, 5) is 0. The average Bonchev–Trinajstić information content (AvgIpc) is 2.35. The third kappa shape index (κ3) is 2.36. The summed E-state index contributed by atoms with van der Waals surface area (Å²) in [6.07, 6.45) is 0. The second-order valence-corrected chi connectivity index (χ2v) is 4.16. The van der Waals surface area contributed by atoms with E-state index in [9.17, 15) is 8.78 Å². The van der Waals surface area contributed by atoms with E-state index < -0.39 is 17.7 Å². The summed E-state index contributed by atoms with van der Waals surface area (Å²) in [5, 5.41) is 0.392. The van der Waals surface area contributed by atoms with Gasteiger partial charge in [-0.1, -0.05) is 35.9 Å². The van der Waals surface area contributed by atoms with E-state index in [1.807, 2.05) is 0 Å². The molecule has 0 aromatic heterocycles. The number of rotatable bonds is 3. The van der Waals surface area contributed by atoms with Gasteiger partial charge in [0.1, 0.15) is 11.6 Å². The minimum Gasteiger partial charge on any atom is -0.271 e. The Morgan fingerprint density at radius 3 is 2.17 bits per heavy atom. The van der Waals surface area contributed by atoms with Crippen molar-refractivity contribution in [2.45, 2.75) is 6.04 Å². The van der Waals surface area contributed by atoms with Crippen molar-refractivity contribution in [2.24, 2.45) is 5.84 Å². The molecule has 5 heteroatoms. The van der Waals surface area contributed by atoms with Crippen LogP contribution in [0.1, 0.15) is 17.2 Å². The molecular formula is C13H11ClF2N2. The molecule has 0 aliphatic carbocycles. The van der Waals surface area contributed by atoms with Crippen molar-refractivity contribution in [1.82, 2.24) is 5.43 Å². The van der Waals surface area contributed by atoms with E-state index in [1.165, 1.54) is 18.2 Å². The maximum Gasteiger partial charge on any atom is 0.131 e. The zero-order valence-corrected chi connectivity index (χ0v) is 10.1. The average molecular weight is 269 g/mol. The van der Waals surface area contributed by atoms with Gasteiger partial charge >= 0.3 is 0 Å². The van der Waals surface area contributed by atoms with Crippen LogP contribution in [0.25, 0.3) is 0 Å². The van der Waals surface area contributed by atoms with Crippen LogP contribution >= 0.6 is 11.6 Å². The SMILES string of the molecule is NNC(c1ccccc1Cl)c1c(F)cccc1F. The van der Waals surface area contributed by atoms with Crippen LogP contribution < -0.4 is 11.3 Å². The highest BCUT2D eigenvalue weighted by Crippen LogP contribution is 2.30. The third-order valence-electron chi connectivity index (χ3n) is 2.67. The maximum absolute atomic E-state index is 13.7. The van der Waals surface area contributed by atoms with Crippen LogP contribution in [0.15, 0.2) is 42.5 Å². The number of nitrogens with two attached hydrogens (primary N) is 1. The topological polar surface area (TPSA) is 38.0 Å². The molecule has 0 fully saturated rings. The first kappa shape index (κ1) is 13.0. The van der Waals surface area contributed by atoms with Crippen molar-refractivity contribution in [3.05, 3.63) is 70.2 Å². The maximum atomic E-state index is 13.7. The van der Waals surface area contributed by atoms with E-state index in [1.54, 1.807) is 24.3 Å². The van der Waals surface area contributed by atoms with E-state index in [0.717, 1.165) is 0 Å². The van der Waals surface area contributed by atoms with Crippen LogP contribution in [-0.4, -0.2) is 0 Å². The largest absolute Gasteiger partial charge is 0.271 e. The summed E-state index contributed by atoms with van der Waals surface area (Å²) < 4.78 is 27.5. The van der Waals surface area contributed by atoms with E-state index >= 15 is 0 Å². The Kier molecular flexibility index (Phi) is 3.91. The van der Waals surface area contributed by atoms with Crippen LogP contribution in [0.2, 0.25) is 5.02 Å². The van der Waals surface area contributed by atoms with E-state index in [-0.39, 0.29) is 5.56 Å². The number of hydrogen-bond acceptors (Lipinski definition) is 2. The molecule has 94 valence electrons. The Morgan fingerprint density at radius 1 is 1.00 bits per heavy atom.